The van der Waals surface area contributed by atoms with Gasteiger partial charge in [-0.25, -0.2) is 0 Å². The van der Waals surface area contributed by atoms with E-state index in [2.05, 4.69) is 112 Å². The third-order valence-corrected chi connectivity index (χ3v) is 10.1. The monoisotopic (exact) mass is 649 g/mol. The van der Waals surface area contributed by atoms with Gasteiger partial charge in [0.1, 0.15) is 6.04 Å². The maximum absolute atomic E-state index is 13.4. The summed E-state index contributed by atoms with van der Waals surface area (Å²) in [6, 6.07) is 47.3. The van der Waals surface area contributed by atoms with Crippen LogP contribution in [0, 0.1) is 0 Å². The molecule has 1 unspecified atom stereocenters. The third kappa shape index (κ3) is 5.39. The van der Waals surface area contributed by atoms with Crippen LogP contribution >= 0.6 is 11.6 Å². The highest BCUT2D eigenvalue weighted by atomic mass is 35.5. The zero-order valence-electron chi connectivity index (χ0n) is 27.0. The highest BCUT2D eigenvalue weighted by Gasteiger charge is 2.50. The summed E-state index contributed by atoms with van der Waals surface area (Å²) in [5, 5.41) is 1.62. The van der Waals surface area contributed by atoms with E-state index >= 15 is 0 Å². The van der Waals surface area contributed by atoms with E-state index in [0.29, 0.717) is 24.5 Å². The van der Waals surface area contributed by atoms with Gasteiger partial charge in [0.2, 0.25) is 5.78 Å². The van der Waals surface area contributed by atoms with Crippen molar-refractivity contribution >= 4 is 40.3 Å². The number of rotatable bonds is 9. The lowest BCUT2D eigenvalue weighted by molar-refractivity contribution is -0.131. The number of carbonyl (C=O) groups excluding carboxylic acids is 2. The van der Waals surface area contributed by atoms with Gasteiger partial charge in [-0.05, 0) is 78.1 Å². The van der Waals surface area contributed by atoms with Crippen molar-refractivity contribution in [2.24, 2.45) is 0 Å². The number of pyridine rings is 1. The number of aldehydes is 1. The van der Waals surface area contributed by atoms with E-state index in [0.717, 1.165) is 44.4 Å². The van der Waals surface area contributed by atoms with Crippen molar-refractivity contribution in [3.05, 3.63) is 179 Å². The molecule has 0 bridgehead atoms. The van der Waals surface area contributed by atoms with E-state index in [-0.39, 0.29) is 0 Å². The molecule has 1 fully saturated rings. The summed E-state index contributed by atoms with van der Waals surface area (Å²) in [5.41, 5.74) is 6.13. The number of fused-ring (bicyclic) bond motifs is 1. The number of anilines is 1. The minimum atomic E-state index is -0.667. The van der Waals surface area contributed by atoms with Gasteiger partial charge in [0, 0.05) is 34.4 Å². The van der Waals surface area contributed by atoms with Crippen molar-refractivity contribution in [3.8, 4) is 0 Å². The summed E-state index contributed by atoms with van der Waals surface area (Å²) < 4.78 is 0. The molecule has 1 aromatic heterocycles. The van der Waals surface area contributed by atoms with Gasteiger partial charge in [0.05, 0.1) is 17.6 Å². The van der Waals surface area contributed by atoms with E-state index in [1.807, 2.05) is 56.3 Å². The average molecular weight is 650 g/mol. The number of halogens is 1. The van der Waals surface area contributed by atoms with Crippen LogP contribution in [0.3, 0.4) is 0 Å². The summed E-state index contributed by atoms with van der Waals surface area (Å²) >= 11 is 6.38. The number of benzene rings is 5. The van der Waals surface area contributed by atoms with E-state index in [1.165, 1.54) is 0 Å². The molecule has 5 nitrogen and oxygen atoms in total. The van der Waals surface area contributed by atoms with Gasteiger partial charge in [-0.2, -0.15) is 0 Å². The zero-order chi connectivity index (χ0) is 33.3. The first-order valence-corrected chi connectivity index (χ1v) is 16.5. The molecular formula is C42H36ClN3O2. The Morgan fingerprint density at radius 2 is 1.33 bits per heavy atom. The number of nitrogens with zero attached hydrogens (tertiary/aromatic N) is 3. The van der Waals surface area contributed by atoms with Gasteiger partial charge >= 0.3 is 0 Å². The van der Waals surface area contributed by atoms with Crippen LogP contribution in [-0.2, 0) is 21.5 Å². The predicted molar refractivity (Wildman–Crippen MR) is 193 cm³/mol. The Balaban J connectivity index is 1.32. The Labute approximate surface area is 286 Å². The molecule has 2 heterocycles. The molecule has 1 saturated heterocycles. The Morgan fingerprint density at radius 3 is 1.88 bits per heavy atom. The molecule has 1 atom stereocenters. The van der Waals surface area contributed by atoms with Crippen molar-refractivity contribution in [1.29, 1.82) is 0 Å². The molecule has 0 aliphatic carbocycles. The molecule has 0 N–H and O–H groups in total. The molecule has 7 rings (SSSR count). The minimum absolute atomic E-state index is 0.443. The second kappa shape index (κ2) is 12.8. The van der Waals surface area contributed by atoms with Crippen molar-refractivity contribution < 1.29 is 9.59 Å². The standard InChI is InChI=1S/C42H36ClN3O2/c1-41(2)40(39(48)28-47)46(29-45(41)27-30-24-25-44-38-23-20-35(43)26-37(30)38)36-21-18-34(19-22-36)42(31-12-6-3-7-13-31,32-14-8-4-9-15-32)33-16-10-5-11-17-33/h3-26,28,40H,27,29H2,1-2H3. The maximum atomic E-state index is 13.4. The zero-order valence-corrected chi connectivity index (χ0v) is 27.7. The molecule has 6 aromatic rings. The number of hydrogen-bond donors (Lipinski definition) is 0. The molecule has 0 spiro atoms. The molecule has 6 heteroatoms. The Morgan fingerprint density at radius 1 is 0.792 bits per heavy atom. The molecule has 48 heavy (non-hydrogen) atoms. The van der Waals surface area contributed by atoms with Crippen molar-refractivity contribution in [3.63, 3.8) is 0 Å². The molecule has 1 aliphatic heterocycles. The van der Waals surface area contributed by atoms with Crippen molar-refractivity contribution in [2.75, 3.05) is 11.6 Å². The van der Waals surface area contributed by atoms with Crippen LogP contribution in [0.1, 0.15) is 41.7 Å². The quantitative estimate of drug-likeness (QED) is 0.0894. The average Bonchev–Trinajstić information content (AvgIpc) is 3.39. The van der Waals surface area contributed by atoms with Gasteiger partial charge in [-0.1, -0.05) is 115 Å². The van der Waals surface area contributed by atoms with Crippen LogP contribution in [0.2, 0.25) is 5.02 Å². The summed E-state index contributed by atoms with van der Waals surface area (Å²) in [6.07, 6.45) is 2.27. The first kappa shape index (κ1) is 31.5. The van der Waals surface area contributed by atoms with Gasteiger partial charge in [0.25, 0.3) is 0 Å². The lowest BCUT2D eigenvalue weighted by Gasteiger charge is -2.37. The Hall–Kier alpha value is -5.10. The van der Waals surface area contributed by atoms with Gasteiger partial charge in [-0.3, -0.25) is 19.5 Å². The van der Waals surface area contributed by atoms with Gasteiger partial charge in [-0.15, -0.1) is 0 Å². The first-order valence-electron chi connectivity index (χ1n) is 16.1. The SMILES string of the molecule is CC1(C)C(C(=O)C=O)N(c2ccc(C(c3ccccc3)(c3ccccc3)c3ccccc3)cc2)CN1Cc1ccnc2ccc(Cl)cc12. The van der Waals surface area contributed by atoms with E-state index in [1.54, 1.807) is 6.20 Å². The predicted octanol–water partition coefficient (Wildman–Crippen LogP) is 8.47. The number of Topliss-reactive ketones (excluding diaryl/α,β-unsaturated/α-hetero) is 1. The largest absolute Gasteiger partial charge is 0.346 e. The highest BCUT2D eigenvalue weighted by Crippen LogP contribution is 2.46. The molecule has 0 saturated carbocycles. The number of hydrogen-bond acceptors (Lipinski definition) is 5. The first-order chi connectivity index (χ1) is 23.3. The lowest BCUT2D eigenvalue weighted by atomic mass is 9.65. The fourth-order valence-electron chi connectivity index (χ4n) is 7.54. The van der Waals surface area contributed by atoms with Gasteiger partial charge in [0.15, 0.2) is 6.29 Å². The van der Waals surface area contributed by atoms with E-state index in [9.17, 15) is 9.59 Å². The fourth-order valence-corrected chi connectivity index (χ4v) is 7.71. The second-order valence-electron chi connectivity index (χ2n) is 12.9. The lowest BCUT2D eigenvalue weighted by Crippen LogP contribution is -2.51. The molecule has 1 aliphatic rings. The minimum Gasteiger partial charge on any atom is -0.346 e. The van der Waals surface area contributed by atoms with Crippen LogP contribution in [0.4, 0.5) is 5.69 Å². The highest BCUT2D eigenvalue weighted by molar-refractivity contribution is 6.31. The van der Waals surface area contributed by atoms with Crippen molar-refractivity contribution in [2.45, 2.75) is 37.4 Å². The molecule has 238 valence electrons. The normalized spacial score (nSPS) is 16.2. The maximum Gasteiger partial charge on any atom is 0.219 e. The van der Waals surface area contributed by atoms with Crippen LogP contribution in [-0.4, -0.2) is 40.2 Å². The van der Waals surface area contributed by atoms with E-state index in [4.69, 9.17) is 11.6 Å². The summed E-state index contributed by atoms with van der Waals surface area (Å²) in [6.45, 7) is 5.09. The molecule has 0 amide bonds. The Bertz CT molecular complexity index is 1970. The second-order valence-corrected chi connectivity index (χ2v) is 13.3. The number of aromatic nitrogens is 1. The summed E-state index contributed by atoms with van der Waals surface area (Å²) in [4.78, 5) is 34.3. The molecule has 0 radical (unpaired) electrons. The number of carbonyl (C=O) groups is 2. The van der Waals surface area contributed by atoms with Crippen molar-refractivity contribution in [1.82, 2.24) is 9.88 Å². The van der Waals surface area contributed by atoms with Crippen LogP contribution in [0.15, 0.2) is 146 Å². The summed E-state index contributed by atoms with van der Waals surface area (Å²) in [5.74, 6) is -0.443. The molecule has 5 aromatic carbocycles. The van der Waals surface area contributed by atoms with E-state index < -0.39 is 22.8 Å². The Kier molecular flexibility index (Phi) is 8.42. The van der Waals surface area contributed by atoms with Gasteiger partial charge < -0.3 is 4.90 Å². The topological polar surface area (TPSA) is 53.5 Å². The van der Waals surface area contributed by atoms with Crippen LogP contribution in [0.5, 0.6) is 0 Å². The fraction of sp³-hybridized carbons (Fsp3) is 0.167. The number of ketones is 1. The third-order valence-electron chi connectivity index (χ3n) is 9.91. The molecular weight excluding hydrogens is 614 g/mol. The smallest absolute Gasteiger partial charge is 0.219 e. The van der Waals surface area contributed by atoms with Crippen LogP contribution in [0.25, 0.3) is 10.9 Å². The summed E-state index contributed by atoms with van der Waals surface area (Å²) in [7, 11) is 0. The van der Waals surface area contributed by atoms with Crippen LogP contribution < -0.4 is 4.90 Å².